The van der Waals surface area contributed by atoms with Crippen LogP contribution in [-0.4, -0.2) is 19.5 Å². The molecule has 0 bridgehead atoms. The van der Waals surface area contributed by atoms with Crippen molar-refractivity contribution in [1.82, 2.24) is 19.5 Å². The van der Waals surface area contributed by atoms with E-state index in [-0.39, 0.29) is 11.1 Å². The van der Waals surface area contributed by atoms with Crippen molar-refractivity contribution in [3.05, 3.63) is 60.7 Å². The van der Waals surface area contributed by atoms with Crippen molar-refractivity contribution in [1.29, 1.82) is 0 Å². The second-order valence-corrected chi connectivity index (χ2v) is 10.8. The molecule has 0 aromatic carbocycles. The standard InChI is InChI=1S/C23H20N4O3S3/c1-2-27-22(29)18-12-6-3-4-8-15(12)33-21(18)26-23(27)32-11-16-24-19(28)17-13(10-31-20(17)25-16)14-7-5-9-30-14/h5,7,9-10H,2-4,6,8,11H2,1H3,(H,24,25,28). The van der Waals surface area contributed by atoms with Gasteiger partial charge in [-0.3, -0.25) is 14.2 Å². The fourth-order valence-electron chi connectivity index (χ4n) is 4.42. The molecule has 5 heterocycles. The number of aryl methyl sites for hydroxylation is 2. The molecule has 0 amide bonds. The molecule has 6 rings (SSSR count). The van der Waals surface area contributed by atoms with E-state index in [4.69, 9.17) is 9.40 Å². The Hall–Kier alpha value is -2.69. The van der Waals surface area contributed by atoms with E-state index >= 15 is 0 Å². The first-order valence-corrected chi connectivity index (χ1v) is 13.5. The van der Waals surface area contributed by atoms with Gasteiger partial charge in [0.15, 0.2) is 5.16 Å². The number of nitrogens with zero attached hydrogens (tertiary/aromatic N) is 3. The fourth-order valence-corrected chi connectivity index (χ4v) is 7.60. The van der Waals surface area contributed by atoms with Gasteiger partial charge >= 0.3 is 0 Å². The molecule has 5 aromatic rings. The molecule has 5 aromatic heterocycles. The molecule has 1 N–H and O–H groups in total. The van der Waals surface area contributed by atoms with E-state index < -0.39 is 0 Å². The second-order valence-electron chi connectivity index (χ2n) is 7.94. The average molecular weight is 497 g/mol. The number of fused-ring (bicyclic) bond motifs is 4. The third-order valence-corrected chi connectivity index (χ3v) is 9.02. The summed E-state index contributed by atoms with van der Waals surface area (Å²) in [4.78, 5) is 41.4. The highest BCUT2D eigenvalue weighted by Gasteiger charge is 2.22. The third kappa shape index (κ3) is 3.48. The van der Waals surface area contributed by atoms with E-state index in [1.165, 1.54) is 40.0 Å². The topological polar surface area (TPSA) is 93.8 Å². The summed E-state index contributed by atoms with van der Waals surface area (Å²) >= 11 is 4.51. The maximum absolute atomic E-state index is 13.3. The summed E-state index contributed by atoms with van der Waals surface area (Å²) in [7, 11) is 0. The van der Waals surface area contributed by atoms with E-state index in [1.54, 1.807) is 28.2 Å². The number of hydrogen-bond acceptors (Lipinski definition) is 8. The highest BCUT2D eigenvalue weighted by atomic mass is 32.2. The Labute approximate surface area is 200 Å². The summed E-state index contributed by atoms with van der Waals surface area (Å²) in [6.45, 7) is 2.51. The van der Waals surface area contributed by atoms with Gasteiger partial charge in [0.05, 0.1) is 22.8 Å². The van der Waals surface area contributed by atoms with Gasteiger partial charge < -0.3 is 9.40 Å². The largest absolute Gasteiger partial charge is 0.464 e. The minimum absolute atomic E-state index is 0.0441. The van der Waals surface area contributed by atoms with Crippen molar-refractivity contribution in [2.24, 2.45) is 0 Å². The number of thiophene rings is 2. The molecule has 0 unspecified atom stereocenters. The van der Waals surface area contributed by atoms with E-state index in [1.807, 2.05) is 18.4 Å². The molecule has 0 saturated heterocycles. The zero-order valence-electron chi connectivity index (χ0n) is 17.8. The number of aromatic nitrogens is 4. The van der Waals surface area contributed by atoms with Crippen molar-refractivity contribution in [2.75, 3.05) is 0 Å². The maximum Gasteiger partial charge on any atom is 0.263 e. The normalized spacial score (nSPS) is 13.7. The Balaban J connectivity index is 1.35. The summed E-state index contributed by atoms with van der Waals surface area (Å²) in [5, 5.41) is 3.90. The first kappa shape index (κ1) is 20.9. The molecule has 0 radical (unpaired) electrons. The van der Waals surface area contributed by atoms with Gasteiger partial charge in [-0.25, -0.2) is 9.97 Å². The van der Waals surface area contributed by atoms with Crippen LogP contribution in [0.4, 0.5) is 0 Å². The van der Waals surface area contributed by atoms with Crippen molar-refractivity contribution >= 4 is 54.9 Å². The molecule has 33 heavy (non-hydrogen) atoms. The first-order valence-electron chi connectivity index (χ1n) is 10.9. The maximum atomic E-state index is 13.3. The van der Waals surface area contributed by atoms with Crippen LogP contribution in [0.5, 0.6) is 0 Å². The molecular formula is C23H20N4O3S3. The Bertz CT molecular complexity index is 1610. The van der Waals surface area contributed by atoms with Crippen LogP contribution in [0, 0.1) is 0 Å². The van der Waals surface area contributed by atoms with Crippen LogP contribution in [0.3, 0.4) is 0 Å². The third-order valence-electron chi connectivity index (χ3n) is 5.97. The predicted octanol–water partition coefficient (Wildman–Crippen LogP) is 5.21. The van der Waals surface area contributed by atoms with Gasteiger partial charge in [-0.15, -0.1) is 22.7 Å². The summed E-state index contributed by atoms with van der Waals surface area (Å²) in [6, 6.07) is 3.63. The number of nitrogens with one attached hydrogen (secondary N) is 1. The van der Waals surface area contributed by atoms with Crippen molar-refractivity contribution in [3.8, 4) is 11.3 Å². The van der Waals surface area contributed by atoms with Crippen LogP contribution in [0.1, 0.15) is 36.0 Å². The Morgan fingerprint density at radius 1 is 1.18 bits per heavy atom. The molecule has 1 aliphatic rings. The Morgan fingerprint density at radius 2 is 2.06 bits per heavy atom. The fraction of sp³-hybridized carbons (Fsp3) is 0.304. The SMILES string of the molecule is CCn1c(SCc2nc3scc(-c4ccco4)c3c(=O)[nH]2)nc2sc3c(c2c1=O)CCCC3. The lowest BCUT2D eigenvalue weighted by Crippen LogP contribution is -2.23. The van der Waals surface area contributed by atoms with E-state index in [9.17, 15) is 9.59 Å². The van der Waals surface area contributed by atoms with Gasteiger partial charge in [-0.05, 0) is 50.3 Å². The lowest BCUT2D eigenvalue weighted by molar-refractivity contribution is 0.583. The van der Waals surface area contributed by atoms with Gasteiger partial charge in [0, 0.05) is 22.4 Å². The lowest BCUT2D eigenvalue weighted by atomic mass is 9.97. The van der Waals surface area contributed by atoms with Crippen LogP contribution in [-0.2, 0) is 25.1 Å². The molecule has 0 atom stereocenters. The summed E-state index contributed by atoms with van der Waals surface area (Å²) in [5.74, 6) is 1.63. The number of furan rings is 1. The molecule has 0 saturated carbocycles. The van der Waals surface area contributed by atoms with Crippen LogP contribution in [0.15, 0.2) is 42.9 Å². The number of hydrogen-bond donors (Lipinski definition) is 1. The molecule has 0 fully saturated rings. The van der Waals surface area contributed by atoms with Crippen molar-refractivity contribution in [2.45, 2.75) is 50.1 Å². The predicted molar refractivity (Wildman–Crippen MR) is 134 cm³/mol. The molecule has 0 aliphatic heterocycles. The summed E-state index contributed by atoms with van der Waals surface area (Å²) in [5.41, 5.74) is 1.81. The van der Waals surface area contributed by atoms with E-state index in [0.717, 1.165) is 35.0 Å². The van der Waals surface area contributed by atoms with Crippen LogP contribution >= 0.6 is 34.4 Å². The van der Waals surface area contributed by atoms with Crippen LogP contribution < -0.4 is 11.1 Å². The van der Waals surface area contributed by atoms with Crippen LogP contribution in [0.25, 0.3) is 31.8 Å². The van der Waals surface area contributed by atoms with Gasteiger partial charge in [-0.2, -0.15) is 0 Å². The molecule has 1 aliphatic carbocycles. The van der Waals surface area contributed by atoms with E-state index in [0.29, 0.717) is 39.3 Å². The Morgan fingerprint density at radius 3 is 2.88 bits per heavy atom. The van der Waals surface area contributed by atoms with Crippen molar-refractivity contribution in [3.63, 3.8) is 0 Å². The highest BCUT2D eigenvalue weighted by Crippen LogP contribution is 2.35. The first-order chi connectivity index (χ1) is 16.1. The monoisotopic (exact) mass is 496 g/mol. The van der Waals surface area contributed by atoms with Gasteiger partial charge in [0.1, 0.15) is 21.2 Å². The number of H-pyrrole nitrogens is 1. The molecular weight excluding hydrogens is 476 g/mol. The Kier molecular flexibility index (Phi) is 5.23. The van der Waals surface area contributed by atoms with Crippen LogP contribution in [0.2, 0.25) is 0 Å². The number of rotatable bonds is 5. The van der Waals surface area contributed by atoms with Gasteiger partial charge in [0.25, 0.3) is 11.1 Å². The average Bonchev–Trinajstić information content (AvgIpc) is 3.55. The minimum Gasteiger partial charge on any atom is -0.464 e. The quantitative estimate of drug-likeness (QED) is 0.265. The zero-order chi connectivity index (χ0) is 22.5. The number of thioether (sulfide) groups is 1. The minimum atomic E-state index is -0.189. The van der Waals surface area contributed by atoms with Gasteiger partial charge in [-0.1, -0.05) is 11.8 Å². The molecule has 168 valence electrons. The summed E-state index contributed by atoms with van der Waals surface area (Å²) < 4.78 is 7.20. The second kappa shape index (κ2) is 8.27. The van der Waals surface area contributed by atoms with Crippen molar-refractivity contribution < 1.29 is 4.42 Å². The molecule has 0 spiro atoms. The lowest BCUT2D eigenvalue weighted by Gasteiger charge is -2.12. The summed E-state index contributed by atoms with van der Waals surface area (Å²) in [6.07, 6.45) is 5.90. The highest BCUT2D eigenvalue weighted by molar-refractivity contribution is 7.98. The molecule has 7 nitrogen and oxygen atoms in total. The van der Waals surface area contributed by atoms with Gasteiger partial charge in [0.2, 0.25) is 0 Å². The zero-order valence-corrected chi connectivity index (χ0v) is 20.3. The van der Waals surface area contributed by atoms with E-state index in [2.05, 4.69) is 9.97 Å². The molecule has 10 heteroatoms. The number of aromatic amines is 1. The smallest absolute Gasteiger partial charge is 0.263 e.